The van der Waals surface area contributed by atoms with Crippen molar-refractivity contribution in [2.24, 2.45) is 0 Å². The minimum atomic E-state index is -1.53. The van der Waals surface area contributed by atoms with E-state index in [0.29, 0.717) is 19.8 Å². The summed E-state index contributed by atoms with van der Waals surface area (Å²) in [6.45, 7) is 3.60. The van der Waals surface area contributed by atoms with Crippen molar-refractivity contribution in [2.75, 3.05) is 13.2 Å². The molecule has 0 fully saturated rings. The number of rotatable bonds is 7. The molecule has 0 heterocycles. The fourth-order valence-corrected chi connectivity index (χ4v) is 1.58. The zero-order chi connectivity index (χ0) is 10.9. The summed E-state index contributed by atoms with van der Waals surface area (Å²) in [5.74, 6) is 0. The minimum Gasteiger partial charge on any atom is -0.410 e. The molecule has 83 valence electrons. The maximum absolute atomic E-state index is 8.93. The molecule has 0 atom stereocenters. The van der Waals surface area contributed by atoms with Gasteiger partial charge in [-0.25, -0.2) is 0 Å². The third-order valence-electron chi connectivity index (χ3n) is 1.86. The summed E-state index contributed by atoms with van der Waals surface area (Å²) in [5.41, 5.74) is 1.18. The van der Waals surface area contributed by atoms with Crippen LogP contribution in [0.1, 0.15) is 12.0 Å². The maximum Gasteiger partial charge on any atom is 0.378 e. The van der Waals surface area contributed by atoms with Crippen LogP contribution in [0.4, 0.5) is 0 Å². The highest BCUT2D eigenvalue weighted by atomic mass is 28.3. The molecule has 0 amide bonds. The monoisotopic (exact) mass is 225 g/mol. The normalized spacial score (nSPS) is 10.9. The molecule has 3 nitrogen and oxygen atoms in total. The smallest absolute Gasteiger partial charge is 0.378 e. The Bertz CT molecular complexity index is 251. The van der Waals surface area contributed by atoms with Gasteiger partial charge in [-0.1, -0.05) is 30.3 Å². The van der Waals surface area contributed by atoms with Crippen LogP contribution in [0.2, 0.25) is 6.55 Å². The average molecular weight is 225 g/mol. The summed E-state index contributed by atoms with van der Waals surface area (Å²) in [7, 11) is -1.53. The van der Waals surface area contributed by atoms with Crippen LogP contribution in [0.25, 0.3) is 0 Å². The number of ether oxygens (including phenoxy) is 1. The fraction of sp³-hybridized carbons (Fsp3) is 0.455. The SMILES string of the molecule is C[Si](O)OCCCOCc1ccccc1. The Morgan fingerprint density at radius 3 is 2.60 bits per heavy atom. The Kier molecular flexibility index (Phi) is 6.27. The second kappa shape index (κ2) is 7.59. The third-order valence-corrected chi connectivity index (χ3v) is 2.48. The molecule has 0 unspecified atom stereocenters. The standard InChI is InChI=1S/C11H17O3Si/c1-15(12)14-9-5-8-13-10-11-6-3-2-4-7-11/h2-4,6-7,12H,5,8-10H2,1H3. The Balaban J connectivity index is 1.98. The molecule has 0 aliphatic rings. The molecule has 15 heavy (non-hydrogen) atoms. The zero-order valence-corrected chi connectivity index (χ0v) is 9.98. The van der Waals surface area contributed by atoms with Crippen molar-refractivity contribution < 1.29 is 14.0 Å². The molecule has 0 bridgehead atoms. The Labute approximate surface area is 92.5 Å². The van der Waals surface area contributed by atoms with Gasteiger partial charge in [-0.3, -0.25) is 0 Å². The van der Waals surface area contributed by atoms with E-state index in [0.717, 1.165) is 6.42 Å². The van der Waals surface area contributed by atoms with E-state index in [2.05, 4.69) is 0 Å². The first-order valence-electron chi connectivity index (χ1n) is 5.06. The summed E-state index contributed by atoms with van der Waals surface area (Å²) in [5, 5.41) is 0. The lowest BCUT2D eigenvalue weighted by atomic mass is 10.2. The predicted octanol–water partition coefficient (Wildman–Crippen LogP) is 1.72. The van der Waals surface area contributed by atoms with Crippen LogP contribution in [0, 0.1) is 0 Å². The first-order chi connectivity index (χ1) is 7.29. The molecular formula is C11H17O3Si. The first kappa shape index (κ1) is 12.4. The van der Waals surface area contributed by atoms with Gasteiger partial charge in [0.1, 0.15) is 0 Å². The third kappa shape index (κ3) is 6.41. The highest BCUT2D eigenvalue weighted by Gasteiger charge is 1.99. The molecule has 0 aliphatic heterocycles. The molecule has 0 spiro atoms. The topological polar surface area (TPSA) is 38.7 Å². The number of benzene rings is 1. The highest BCUT2D eigenvalue weighted by molar-refractivity contribution is 6.40. The molecular weight excluding hydrogens is 208 g/mol. The van der Waals surface area contributed by atoms with Crippen LogP contribution in [0.3, 0.4) is 0 Å². The molecule has 0 saturated heterocycles. The quantitative estimate of drug-likeness (QED) is 0.567. The lowest BCUT2D eigenvalue weighted by Gasteiger charge is -2.05. The lowest BCUT2D eigenvalue weighted by molar-refractivity contribution is 0.104. The van der Waals surface area contributed by atoms with Gasteiger partial charge in [-0.15, -0.1) is 0 Å². The Morgan fingerprint density at radius 1 is 1.20 bits per heavy atom. The zero-order valence-electron chi connectivity index (χ0n) is 8.98. The van der Waals surface area contributed by atoms with Crippen LogP contribution in [0.15, 0.2) is 30.3 Å². The highest BCUT2D eigenvalue weighted by Crippen LogP contribution is 2.00. The summed E-state index contributed by atoms with van der Waals surface area (Å²) >= 11 is 0. The average Bonchev–Trinajstić information content (AvgIpc) is 2.24. The summed E-state index contributed by atoms with van der Waals surface area (Å²) in [4.78, 5) is 8.93. The van der Waals surface area contributed by atoms with Gasteiger partial charge in [-0.2, -0.15) is 0 Å². The fourth-order valence-electron chi connectivity index (χ4n) is 1.15. The van der Waals surface area contributed by atoms with Crippen molar-refractivity contribution in [1.29, 1.82) is 0 Å². The summed E-state index contributed by atoms with van der Waals surface area (Å²) < 4.78 is 10.5. The van der Waals surface area contributed by atoms with Crippen LogP contribution in [-0.4, -0.2) is 27.3 Å². The predicted molar refractivity (Wildman–Crippen MR) is 60.5 cm³/mol. The van der Waals surface area contributed by atoms with E-state index in [1.54, 1.807) is 6.55 Å². The van der Waals surface area contributed by atoms with E-state index in [-0.39, 0.29) is 0 Å². The van der Waals surface area contributed by atoms with Crippen LogP contribution < -0.4 is 0 Å². The van der Waals surface area contributed by atoms with Crippen molar-refractivity contribution in [3.8, 4) is 0 Å². The van der Waals surface area contributed by atoms with E-state index in [9.17, 15) is 0 Å². The van der Waals surface area contributed by atoms with Crippen molar-refractivity contribution in [3.63, 3.8) is 0 Å². The first-order valence-corrected chi connectivity index (χ1v) is 6.91. The van der Waals surface area contributed by atoms with Gasteiger partial charge in [0.15, 0.2) is 0 Å². The van der Waals surface area contributed by atoms with Gasteiger partial charge in [-0.05, 0) is 18.5 Å². The molecule has 1 N–H and O–H groups in total. The molecule has 4 heteroatoms. The van der Waals surface area contributed by atoms with Gasteiger partial charge < -0.3 is 14.0 Å². The molecule has 0 aliphatic carbocycles. The van der Waals surface area contributed by atoms with Crippen LogP contribution in [-0.2, 0) is 15.8 Å². The Morgan fingerprint density at radius 2 is 1.93 bits per heavy atom. The summed E-state index contributed by atoms with van der Waals surface area (Å²) in [6.07, 6.45) is 0.829. The van der Waals surface area contributed by atoms with E-state index in [1.165, 1.54) is 5.56 Å². The second-order valence-corrected chi connectivity index (χ2v) is 4.59. The maximum atomic E-state index is 8.93. The van der Waals surface area contributed by atoms with Crippen molar-refractivity contribution >= 4 is 9.28 Å². The van der Waals surface area contributed by atoms with Crippen LogP contribution in [0.5, 0.6) is 0 Å². The van der Waals surface area contributed by atoms with Crippen LogP contribution >= 0.6 is 0 Å². The molecule has 0 aromatic heterocycles. The molecule has 1 rings (SSSR count). The minimum absolute atomic E-state index is 0.579. The summed E-state index contributed by atoms with van der Waals surface area (Å²) in [6, 6.07) is 10.1. The van der Waals surface area contributed by atoms with Gasteiger partial charge in [0.2, 0.25) is 0 Å². The van der Waals surface area contributed by atoms with E-state index < -0.39 is 9.28 Å². The number of hydrogen-bond acceptors (Lipinski definition) is 3. The van der Waals surface area contributed by atoms with E-state index in [4.69, 9.17) is 14.0 Å². The van der Waals surface area contributed by atoms with Crippen molar-refractivity contribution in [2.45, 2.75) is 19.6 Å². The van der Waals surface area contributed by atoms with Gasteiger partial charge in [0.05, 0.1) is 6.61 Å². The van der Waals surface area contributed by atoms with E-state index >= 15 is 0 Å². The largest absolute Gasteiger partial charge is 0.410 e. The molecule has 1 aromatic carbocycles. The molecule has 0 saturated carbocycles. The van der Waals surface area contributed by atoms with Crippen molar-refractivity contribution in [1.82, 2.24) is 0 Å². The molecule has 1 radical (unpaired) electrons. The van der Waals surface area contributed by atoms with Gasteiger partial charge in [0.25, 0.3) is 0 Å². The van der Waals surface area contributed by atoms with Gasteiger partial charge >= 0.3 is 9.28 Å². The molecule has 1 aromatic rings. The van der Waals surface area contributed by atoms with Crippen molar-refractivity contribution in [3.05, 3.63) is 35.9 Å². The Hall–Kier alpha value is -0.683. The van der Waals surface area contributed by atoms with E-state index in [1.807, 2.05) is 30.3 Å². The lowest BCUT2D eigenvalue weighted by Crippen LogP contribution is -2.14. The van der Waals surface area contributed by atoms with Gasteiger partial charge in [0, 0.05) is 13.2 Å². The second-order valence-electron chi connectivity index (χ2n) is 3.26. The number of hydrogen-bond donors (Lipinski definition) is 1.